The van der Waals surface area contributed by atoms with E-state index in [1.807, 2.05) is 0 Å². The summed E-state index contributed by atoms with van der Waals surface area (Å²) in [6.45, 7) is 6.30. The third-order valence-corrected chi connectivity index (χ3v) is 8.98. The third kappa shape index (κ3) is 4.61. The molecule has 0 bridgehead atoms. The predicted molar refractivity (Wildman–Crippen MR) is 209 cm³/mol. The summed E-state index contributed by atoms with van der Waals surface area (Å²) in [6.07, 6.45) is 0. The van der Waals surface area contributed by atoms with E-state index in [1.54, 1.807) is 20.8 Å². The van der Waals surface area contributed by atoms with Gasteiger partial charge in [-0.25, -0.2) is 0 Å². The molecule has 0 radical (unpaired) electrons. The number of hydrogen-bond acceptors (Lipinski definition) is 1. The van der Waals surface area contributed by atoms with Crippen LogP contribution >= 0.6 is 0 Å². The molecule has 0 unspecified atom stereocenters. The van der Waals surface area contributed by atoms with E-state index in [4.69, 9.17) is 23.6 Å². The smallest absolute Gasteiger partial charge is 0.136 e. The fourth-order valence-electron chi connectivity index (χ4n) is 6.22. The van der Waals surface area contributed by atoms with Crippen molar-refractivity contribution >= 4 is 43.5 Å². The van der Waals surface area contributed by atoms with Crippen molar-refractivity contribution in [3.8, 4) is 44.5 Å². The predicted octanol–water partition coefficient (Wildman–Crippen LogP) is 13.8. The SMILES string of the molecule is [2H]c1c([2H])c([2H])c(-c2cc3oc4c([2H])c(-c5c6c([2H])c([2H])c([2H])c([2H])c6c(-c6c([2H])c([2H])c(-c7c([2H])c([2H])c([2H])c(C)c7C)c(C)c6C)c6c([2H])c([2H])c([2H])c([2H])c56)c([2H])c([2H])c4c3c([2H])c2[2H])c([2H])c1[2H]. The van der Waals surface area contributed by atoms with Crippen LogP contribution in [-0.4, -0.2) is 0 Å². The third-order valence-electron chi connectivity index (χ3n) is 8.98. The molecular formula is C48H36O. The van der Waals surface area contributed by atoms with Gasteiger partial charge in [-0.15, -0.1) is 0 Å². The van der Waals surface area contributed by atoms with E-state index in [-0.39, 0.29) is 67.4 Å². The van der Waals surface area contributed by atoms with Crippen LogP contribution < -0.4 is 0 Å². The molecule has 0 spiro atoms. The van der Waals surface area contributed by atoms with Crippen molar-refractivity contribution in [2.45, 2.75) is 27.7 Å². The van der Waals surface area contributed by atoms with Crippen molar-refractivity contribution < 1.29 is 35.9 Å². The average molecular weight is 652 g/mol. The maximum Gasteiger partial charge on any atom is 0.136 e. The van der Waals surface area contributed by atoms with E-state index in [1.165, 1.54) is 6.92 Å². The van der Waals surface area contributed by atoms with Crippen LogP contribution in [0.3, 0.4) is 0 Å². The second-order valence-corrected chi connectivity index (χ2v) is 11.6. The lowest BCUT2D eigenvalue weighted by Gasteiger charge is -2.21. The van der Waals surface area contributed by atoms with E-state index in [0.29, 0.717) is 11.1 Å². The molecule has 0 fully saturated rings. The highest BCUT2D eigenvalue weighted by Gasteiger charge is 2.20. The van der Waals surface area contributed by atoms with Gasteiger partial charge in [-0.1, -0.05) is 121 Å². The van der Waals surface area contributed by atoms with Gasteiger partial charge in [-0.05, 0) is 140 Å². The molecule has 1 heteroatoms. The zero-order chi connectivity index (χ0) is 53.2. The normalized spacial score (nSPS) is 18.2. The zero-order valence-corrected chi connectivity index (χ0v) is 26.5. The summed E-state index contributed by atoms with van der Waals surface area (Å²) in [5, 5.41) is -2.49. The minimum Gasteiger partial charge on any atom is -0.456 e. The van der Waals surface area contributed by atoms with Crippen LogP contribution in [0.1, 0.15) is 53.8 Å². The molecule has 0 N–H and O–H groups in total. The van der Waals surface area contributed by atoms with Crippen LogP contribution in [0.5, 0.6) is 0 Å². The molecule has 0 saturated carbocycles. The van der Waals surface area contributed by atoms with E-state index in [2.05, 4.69) is 0 Å². The van der Waals surface area contributed by atoms with E-state index >= 15 is 0 Å². The highest BCUT2D eigenvalue weighted by Crippen LogP contribution is 2.46. The monoisotopic (exact) mass is 651 g/mol. The average Bonchev–Trinajstić information content (AvgIpc) is 3.75. The second-order valence-electron chi connectivity index (χ2n) is 11.6. The first-order valence-corrected chi connectivity index (χ1v) is 15.2. The molecule has 9 aromatic rings. The maximum atomic E-state index is 9.74. The molecule has 0 saturated heterocycles. The van der Waals surface area contributed by atoms with Gasteiger partial charge >= 0.3 is 0 Å². The van der Waals surface area contributed by atoms with Gasteiger partial charge < -0.3 is 4.42 Å². The van der Waals surface area contributed by atoms with Crippen molar-refractivity contribution in [3.63, 3.8) is 0 Å². The zero-order valence-electron chi connectivity index (χ0n) is 49.5. The molecule has 1 heterocycles. The summed E-state index contributed by atoms with van der Waals surface area (Å²) < 4.78 is 213. The molecule has 49 heavy (non-hydrogen) atoms. The van der Waals surface area contributed by atoms with Gasteiger partial charge in [0.1, 0.15) is 11.2 Å². The summed E-state index contributed by atoms with van der Waals surface area (Å²) in [4.78, 5) is 0. The fourth-order valence-corrected chi connectivity index (χ4v) is 6.22. The number of hydrogen-bond donors (Lipinski definition) is 0. The van der Waals surface area contributed by atoms with Gasteiger partial charge in [0.15, 0.2) is 0 Å². The van der Waals surface area contributed by atoms with Crippen LogP contribution in [0.2, 0.25) is 0 Å². The molecule has 8 aromatic carbocycles. The first-order chi connectivity index (χ1) is 33.6. The first-order valence-electron chi connectivity index (χ1n) is 26.7. The Kier molecular flexibility index (Phi) is 3.22. The van der Waals surface area contributed by atoms with Gasteiger partial charge in [0.25, 0.3) is 0 Å². The van der Waals surface area contributed by atoms with Crippen LogP contribution in [-0.2, 0) is 0 Å². The fraction of sp³-hybridized carbons (Fsp3) is 0.0833. The Bertz CT molecular complexity index is 3890. The second kappa shape index (κ2) is 11.4. The summed E-state index contributed by atoms with van der Waals surface area (Å²) in [6, 6.07) is -14.6. The number of benzene rings is 8. The molecular weight excluding hydrogens is 593 g/mol. The van der Waals surface area contributed by atoms with Crippen molar-refractivity contribution in [1.82, 2.24) is 0 Å². The Morgan fingerprint density at radius 1 is 0.388 bits per heavy atom. The van der Waals surface area contributed by atoms with Crippen LogP contribution in [0.25, 0.3) is 88.0 Å². The van der Waals surface area contributed by atoms with Crippen LogP contribution in [0.15, 0.2) is 149 Å². The van der Waals surface area contributed by atoms with Crippen molar-refractivity contribution in [3.05, 3.63) is 167 Å². The molecule has 0 atom stereocenters. The van der Waals surface area contributed by atoms with E-state index < -0.39 is 171 Å². The largest absolute Gasteiger partial charge is 0.456 e. The van der Waals surface area contributed by atoms with Crippen molar-refractivity contribution in [1.29, 1.82) is 0 Å². The van der Waals surface area contributed by atoms with Gasteiger partial charge in [0.05, 0.1) is 31.5 Å². The topological polar surface area (TPSA) is 13.1 Å². The molecule has 9 rings (SSSR count). The lowest BCUT2D eigenvalue weighted by molar-refractivity contribution is 0.669. The molecule has 0 amide bonds. The number of rotatable bonds is 4. The van der Waals surface area contributed by atoms with Gasteiger partial charge in [-0.2, -0.15) is 0 Å². The van der Waals surface area contributed by atoms with Crippen molar-refractivity contribution in [2.24, 2.45) is 0 Å². The summed E-state index contributed by atoms with van der Waals surface area (Å²) in [5.74, 6) is 0. The van der Waals surface area contributed by atoms with E-state index in [0.717, 1.165) is 6.07 Å². The summed E-state index contributed by atoms with van der Waals surface area (Å²) in [7, 11) is 0. The quantitative estimate of drug-likeness (QED) is 0.173. The molecule has 0 aliphatic heterocycles. The molecule has 234 valence electrons. The maximum absolute atomic E-state index is 9.74. The Balaban J connectivity index is 1.49. The molecule has 0 aliphatic rings. The van der Waals surface area contributed by atoms with Crippen LogP contribution in [0, 0.1) is 27.7 Å². The highest BCUT2D eigenvalue weighted by atomic mass is 16.3. The van der Waals surface area contributed by atoms with Crippen molar-refractivity contribution in [2.75, 3.05) is 0 Å². The summed E-state index contributed by atoms with van der Waals surface area (Å²) >= 11 is 0. The summed E-state index contributed by atoms with van der Waals surface area (Å²) in [5.41, 5.74) is -1.87. The molecule has 1 nitrogen and oxygen atoms in total. The lowest BCUT2D eigenvalue weighted by Crippen LogP contribution is -1.96. The Hall–Kier alpha value is -5.92. The Morgan fingerprint density at radius 2 is 0.939 bits per heavy atom. The Labute approximate surface area is 319 Å². The minimum absolute atomic E-state index is 0.0583. The first kappa shape index (κ1) is 13.9. The van der Waals surface area contributed by atoms with Gasteiger partial charge in [0.2, 0.25) is 0 Å². The standard InChI is InChI=1S/C48H36O/c1-29-13-12-20-36(30(29)2)37-25-26-38(32(4)31(37)3)48-43-18-10-8-16-41(43)47(42-17-9-11-19-44(42)48)35-22-24-40-39-23-21-34(33-14-6-5-7-15-33)27-45(39)49-46(40)28-35/h5-28H,1-4H3/i5D,6D,7D,8D,9D,10D,11D,12D,13D,14D,15D,16D,17D,18D,19D,20D,21D,22D,23D,24D,25D,26D,28D. The molecule has 1 aromatic heterocycles. The minimum atomic E-state index is -0.843. The van der Waals surface area contributed by atoms with Gasteiger partial charge in [0, 0.05) is 10.8 Å². The molecule has 0 aliphatic carbocycles. The van der Waals surface area contributed by atoms with E-state index in [9.17, 15) is 12.3 Å². The number of furan rings is 1. The lowest BCUT2D eigenvalue weighted by atomic mass is 9.82. The van der Waals surface area contributed by atoms with Gasteiger partial charge in [-0.3, -0.25) is 0 Å². The number of fused-ring (bicyclic) bond motifs is 5. The Morgan fingerprint density at radius 3 is 1.63 bits per heavy atom. The van der Waals surface area contributed by atoms with Crippen LogP contribution in [0.4, 0.5) is 0 Å². The highest BCUT2D eigenvalue weighted by molar-refractivity contribution is 6.22.